The van der Waals surface area contributed by atoms with Gasteiger partial charge >= 0.3 is 0 Å². The molecule has 3 nitrogen and oxygen atoms in total. The van der Waals surface area contributed by atoms with E-state index in [9.17, 15) is 4.79 Å². The van der Waals surface area contributed by atoms with E-state index in [1.807, 2.05) is 11.1 Å². The molecule has 3 heteroatoms. The average Bonchev–Trinajstić information content (AvgIpc) is 2.24. The maximum absolute atomic E-state index is 11.2. The van der Waals surface area contributed by atoms with Gasteiger partial charge in [-0.25, -0.2) is 0 Å². The largest absolute Gasteiger partial charge is 0.370 e. The van der Waals surface area contributed by atoms with Crippen molar-refractivity contribution >= 4 is 5.91 Å². The van der Waals surface area contributed by atoms with Crippen LogP contribution in [-0.2, 0) is 4.79 Å². The number of carbonyl (C=O) groups is 1. The van der Waals surface area contributed by atoms with Crippen LogP contribution >= 0.6 is 0 Å². The van der Waals surface area contributed by atoms with Crippen molar-refractivity contribution in [1.82, 2.24) is 4.90 Å². The summed E-state index contributed by atoms with van der Waals surface area (Å²) in [6.45, 7) is 10.8. The van der Waals surface area contributed by atoms with Gasteiger partial charge in [0.05, 0.1) is 0 Å². The van der Waals surface area contributed by atoms with Crippen molar-refractivity contribution in [2.24, 2.45) is 5.73 Å². The minimum absolute atomic E-state index is 0.341. The highest BCUT2D eigenvalue weighted by Crippen LogP contribution is 2.08. The number of amides is 1. The lowest BCUT2D eigenvalue weighted by Gasteiger charge is -2.17. The Bertz CT molecular complexity index is 259. The Balaban J connectivity index is 4.61. The van der Waals surface area contributed by atoms with Crippen LogP contribution in [0.2, 0.25) is 0 Å². The molecule has 0 bridgehead atoms. The summed E-state index contributed by atoms with van der Waals surface area (Å²) in [4.78, 5) is 13.2. The van der Waals surface area contributed by atoms with Gasteiger partial charge in [0.2, 0.25) is 5.91 Å². The fourth-order valence-electron chi connectivity index (χ4n) is 1.35. The summed E-state index contributed by atoms with van der Waals surface area (Å²) in [6.07, 6.45) is 8.16. The molecule has 2 N–H and O–H groups in total. The molecule has 0 aromatic carbocycles. The third-order valence-electron chi connectivity index (χ3n) is 2.18. The zero-order valence-corrected chi connectivity index (χ0v) is 10.1. The number of nitrogens with two attached hydrogens (primary N) is 1. The van der Waals surface area contributed by atoms with E-state index < -0.39 is 0 Å². The molecular formula is C13H22N2O. The van der Waals surface area contributed by atoms with Gasteiger partial charge in [-0.15, -0.1) is 13.2 Å². The number of hydrogen-bond donors (Lipinski definition) is 1. The maximum atomic E-state index is 11.2. The highest BCUT2D eigenvalue weighted by Gasteiger charge is 2.06. The van der Waals surface area contributed by atoms with Crippen LogP contribution in [0.3, 0.4) is 0 Å². The van der Waals surface area contributed by atoms with Gasteiger partial charge in [-0.3, -0.25) is 4.79 Å². The van der Waals surface area contributed by atoms with Crippen molar-refractivity contribution in [3.63, 3.8) is 0 Å². The van der Waals surface area contributed by atoms with Crippen LogP contribution in [-0.4, -0.2) is 23.9 Å². The van der Waals surface area contributed by atoms with E-state index in [-0.39, 0.29) is 5.91 Å². The fraction of sp³-hybridized carbons (Fsp3) is 0.462. The van der Waals surface area contributed by atoms with Crippen LogP contribution in [0.1, 0.15) is 26.2 Å². The summed E-state index contributed by atoms with van der Waals surface area (Å²) in [5, 5.41) is 0. The molecule has 0 fully saturated rings. The summed E-state index contributed by atoms with van der Waals surface area (Å²) in [5.74, 6) is -0.341. The van der Waals surface area contributed by atoms with Crippen molar-refractivity contribution in [1.29, 1.82) is 0 Å². The van der Waals surface area contributed by atoms with Gasteiger partial charge in [0.25, 0.3) is 0 Å². The van der Waals surface area contributed by atoms with E-state index >= 15 is 0 Å². The van der Waals surface area contributed by atoms with E-state index in [2.05, 4.69) is 20.1 Å². The molecule has 0 saturated heterocycles. The van der Waals surface area contributed by atoms with Crippen LogP contribution < -0.4 is 5.73 Å². The average molecular weight is 222 g/mol. The molecule has 0 rings (SSSR count). The quantitative estimate of drug-likeness (QED) is 0.480. The third-order valence-corrected chi connectivity index (χ3v) is 2.18. The molecule has 0 aliphatic carbocycles. The molecule has 1 amide bonds. The maximum Gasteiger partial charge on any atom is 0.246 e. The number of hydrogen-bond acceptors (Lipinski definition) is 2. The highest BCUT2D eigenvalue weighted by molar-refractivity contribution is 5.91. The molecule has 0 aliphatic heterocycles. The van der Waals surface area contributed by atoms with E-state index in [0.717, 1.165) is 19.3 Å². The Hall–Kier alpha value is -1.51. The van der Waals surface area contributed by atoms with Gasteiger partial charge in [0, 0.05) is 24.9 Å². The first-order valence-corrected chi connectivity index (χ1v) is 5.62. The van der Waals surface area contributed by atoms with E-state index in [4.69, 9.17) is 5.73 Å². The first-order valence-electron chi connectivity index (χ1n) is 5.62. The summed E-state index contributed by atoms with van der Waals surface area (Å²) in [5.41, 5.74) is 6.00. The normalized spacial score (nSPS) is 10.9. The summed E-state index contributed by atoms with van der Waals surface area (Å²) in [6, 6.07) is 0. The van der Waals surface area contributed by atoms with Gasteiger partial charge in [-0.1, -0.05) is 25.5 Å². The van der Waals surface area contributed by atoms with E-state index in [1.54, 1.807) is 12.2 Å². The Morgan fingerprint density at radius 1 is 1.31 bits per heavy atom. The lowest BCUT2D eigenvalue weighted by atomic mass is 10.1. The summed E-state index contributed by atoms with van der Waals surface area (Å²) >= 11 is 0. The summed E-state index contributed by atoms with van der Waals surface area (Å²) < 4.78 is 0. The highest BCUT2D eigenvalue weighted by atomic mass is 16.1. The number of primary amides is 1. The van der Waals surface area contributed by atoms with Gasteiger partial charge in [-0.05, 0) is 12.8 Å². The number of carbonyl (C=O) groups excluding carboxylic acids is 1. The van der Waals surface area contributed by atoms with Crippen LogP contribution in [0, 0.1) is 0 Å². The smallest absolute Gasteiger partial charge is 0.246 e. The third kappa shape index (κ3) is 6.06. The molecule has 0 spiro atoms. The lowest BCUT2D eigenvalue weighted by Crippen LogP contribution is -2.22. The van der Waals surface area contributed by atoms with E-state index in [1.165, 1.54) is 0 Å². The molecule has 90 valence electrons. The number of rotatable bonds is 9. The number of nitrogens with zero attached hydrogens (tertiary/aromatic N) is 1. The Morgan fingerprint density at radius 3 is 2.25 bits per heavy atom. The lowest BCUT2D eigenvalue weighted by molar-refractivity contribution is -0.114. The van der Waals surface area contributed by atoms with Crippen molar-refractivity contribution in [2.75, 3.05) is 13.1 Å². The van der Waals surface area contributed by atoms with Crippen molar-refractivity contribution in [2.45, 2.75) is 26.2 Å². The topological polar surface area (TPSA) is 46.3 Å². The fourth-order valence-corrected chi connectivity index (χ4v) is 1.35. The van der Waals surface area contributed by atoms with Crippen LogP contribution in [0.4, 0.5) is 0 Å². The first-order chi connectivity index (χ1) is 7.65. The molecule has 0 heterocycles. The zero-order valence-electron chi connectivity index (χ0n) is 10.1. The Kier molecular flexibility index (Phi) is 7.94. The Labute approximate surface area is 98.3 Å². The van der Waals surface area contributed by atoms with Crippen molar-refractivity contribution in [3.8, 4) is 0 Å². The van der Waals surface area contributed by atoms with Crippen LogP contribution in [0.15, 0.2) is 37.1 Å². The van der Waals surface area contributed by atoms with Gasteiger partial charge in [0.15, 0.2) is 0 Å². The molecule has 0 atom stereocenters. The molecule has 0 unspecified atom stereocenters. The Morgan fingerprint density at radius 2 is 1.88 bits per heavy atom. The van der Waals surface area contributed by atoms with Crippen molar-refractivity contribution in [3.05, 3.63) is 37.1 Å². The molecule has 0 aromatic heterocycles. The second-order valence-electron chi connectivity index (χ2n) is 3.65. The predicted octanol–water partition coefficient (Wildman–Crippen LogP) is 2.22. The number of unbranched alkanes of at least 4 members (excludes halogenated alkanes) is 1. The van der Waals surface area contributed by atoms with Gasteiger partial charge in [0.1, 0.15) is 0 Å². The molecule has 0 aromatic rings. The molecule has 0 aliphatic rings. The van der Waals surface area contributed by atoms with E-state index in [0.29, 0.717) is 18.7 Å². The first kappa shape index (κ1) is 14.5. The molecule has 0 radical (unpaired) electrons. The second kappa shape index (κ2) is 8.77. The zero-order chi connectivity index (χ0) is 12.4. The molecule has 16 heavy (non-hydrogen) atoms. The molecular weight excluding hydrogens is 200 g/mol. The van der Waals surface area contributed by atoms with Crippen LogP contribution in [0.25, 0.3) is 0 Å². The monoisotopic (exact) mass is 222 g/mol. The van der Waals surface area contributed by atoms with Crippen molar-refractivity contribution < 1.29 is 4.79 Å². The van der Waals surface area contributed by atoms with Crippen LogP contribution in [0.5, 0.6) is 0 Å². The van der Waals surface area contributed by atoms with Gasteiger partial charge in [-0.2, -0.15) is 0 Å². The predicted molar refractivity (Wildman–Crippen MR) is 68.8 cm³/mol. The minimum Gasteiger partial charge on any atom is -0.370 e. The second-order valence-corrected chi connectivity index (χ2v) is 3.65. The standard InChI is InChI=1S/C13H22N2O/c1-4-7-8-12(13(14)16)11-15(9-5-2)10-6-3/h5-6,11H,2-4,7-10H2,1H3,(H2,14,16). The van der Waals surface area contributed by atoms with Gasteiger partial charge < -0.3 is 10.6 Å². The summed E-state index contributed by atoms with van der Waals surface area (Å²) in [7, 11) is 0. The minimum atomic E-state index is -0.341. The SMILES string of the molecule is C=CCN(C=C(CCCC)C(N)=O)CC=C. The molecule has 0 saturated carbocycles.